The van der Waals surface area contributed by atoms with E-state index < -0.39 is 5.97 Å². The van der Waals surface area contributed by atoms with E-state index in [4.69, 9.17) is 14.6 Å². The average Bonchev–Trinajstić information content (AvgIpc) is 3.20. The third-order valence-electron chi connectivity index (χ3n) is 5.36. The molecule has 2 amide bonds. The largest absolute Gasteiger partial charge is 0.481 e. The lowest BCUT2D eigenvalue weighted by Crippen LogP contribution is -2.49. The third-order valence-corrected chi connectivity index (χ3v) is 5.36. The first-order valence-corrected chi connectivity index (χ1v) is 10.1. The maximum absolute atomic E-state index is 12.7. The van der Waals surface area contributed by atoms with Crippen molar-refractivity contribution in [2.24, 2.45) is 0 Å². The highest BCUT2D eigenvalue weighted by Crippen LogP contribution is 2.19. The van der Waals surface area contributed by atoms with Gasteiger partial charge in [0.05, 0.1) is 18.8 Å². The molecule has 2 saturated heterocycles. The molecular weight excluding hydrogens is 360 g/mol. The highest BCUT2D eigenvalue weighted by Gasteiger charge is 2.28. The van der Waals surface area contributed by atoms with E-state index >= 15 is 0 Å². The zero-order valence-corrected chi connectivity index (χ0v) is 16.2. The van der Waals surface area contributed by atoms with Gasteiger partial charge < -0.3 is 24.8 Å². The molecule has 154 valence electrons. The molecule has 0 saturated carbocycles. The minimum Gasteiger partial charge on any atom is -0.481 e. The number of amides is 2. The molecule has 0 radical (unpaired) electrons. The van der Waals surface area contributed by atoms with Gasteiger partial charge in [0, 0.05) is 32.2 Å². The van der Waals surface area contributed by atoms with E-state index in [1.807, 2.05) is 35.2 Å². The molecule has 2 N–H and O–H groups in total. The van der Waals surface area contributed by atoms with Gasteiger partial charge in [-0.1, -0.05) is 30.3 Å². The summed E-state index contributed by atoms with van der Waals surface area (Å²) in [6.07, 6.45) is 4.05. The van der Waals surface area contributed by atoms with Gasteiger partial charge in [-0.05, 0) is 37.7 Å². The van der Waals surface area contributed by atoms with Crippen molar-refractivity contribution < 1.29 is 24.2 Å². The summed E-state index contributed by atoms with van der Waals surface area (Å²) < 4.78 is 11.4. The predicted octanol–water partition coefficient (Wildman–Crippen LogP) is 2.44. The summed E-state index contributed by atoms with van der Waals surface area (Å²) in [4.78, 5) is 25.5. The van der Waals surface area contributed by atoms with Gasteiger partial charge in [0.1, 0.15) is 0 Å². The summed E-state index contributed by atoms with van der Waals surface area (Å²) in [6.45, 7) is 2.75. The topological polar surface area (TPSA) is 88.1 Å². The van der Waals surface area contributed by atoms with Crippen LogP contribution in [0, 0.1) is 0 Å². The summed E-state index contributed by atoms with van der Waals surface area (Å²) in [5.74, 6) is -0.846. The first-order chi connectivity index (χ1) is 13.6. The predicted molar refractivity (Wildman–Crippen MR) is 104 cm³/mol. The van der Waals surface area contributed by atoms with Crippen molar-refractivity contribution in [3.8, 4) is 0 Å². The first-order valence-electron chi connectivity index (χ1n) is 10.1. The van der Waals surface area contributed by atoms with Crippen LogP contribution >= 0.6 is 0 Å². The molecule has 1 aromatic rings. The lowest BCUT2D eigenvalue weighted by Gasteiger charge is -2.34. The number of hydrogen-bond acceptors (Lipinski definition) is 4. The Morgan fingerprint density at radius 3 is 2.57 bits per heavy atom. The molecule has 3 rings (SSSR count). The molecule has 2 atom stereocenters. The normalized spacial score (nSPS) is 21.4. The zero-order chi connectivity index (χ0) is 19.8. The quantitative estimate of drug-likeness (QED) is 0.712. The molecule has 28 heavy (non-hydrogen) atoms. The number of nitrogens with zero attached hydrogens (tertiary/aromatic N) is 1. The first kappa shape index (κ1) is 20.6. The fourth-order valence-electron chi connectivity index (χ4n) is 3.77. The molecule has 1 aromatic carbocycles. The van der Waals surface area contributed by atoms with Crippen LogP contribution in [0.1, 0.15) is 37.7 Å². The molecule has 0 aromatic heterocycles. The Balaban J connectivity index is 1.47. The molecule has 2 aliphatic rings. The fourth-order valence-corrected chi connectivity index (χ4v) is 3.77. The van der Waals surface area contributed by atoms with Gasteiger partial charge in [-0.25, -0.2) is 4.79 Å². The van der Waals surface area contributed by atoms with Gasteiger partial charge in [-0.15, -0.1) is 0 Å². The number of carboxylic acid groups (broad SMARTS) is 1. The van der Waals surface area contributed by atoms with Gasteiger partial charge in [-0.2, -0.15) is 0 Å². The lowest BCUT2D eigenvalue weighted by atomic mass is 10.0. The highest BCUT2D eigenvalue weighted by molar-refractivity contribution is 5.75. The fraction of sp³-hybridized carbons (Fsp3) is 0.619. The summed E-state index contributed by atoms with van der Waals surface area (Å²) in [7, 11) is 0. The minimum absolute atomic E-state index is 0.0388. The Hall–Kier alpha value is -2.12. The molecule has 7 heteroatoms. The smallest absolute Gasteiger partial charge is 0.317 e. The molecule has 7 nitrogen and oxygen atoms in total. The summed E-state index contributed by atoms with van der Waals surface area (Å²) >= 11 is 0. The van der Waals surface area contributed by atoms with Crippen LogP contribution in [0.4, 0.5) is 4.79 Å². The number of carbonyl (C=O) groups is 2. The highest BCUT2D eigenvalue weighted by atomic mass is 16.5. The summed E-state index contributed by atoms with van der Waals surface area (Å²) in [6, 6.07) is 9.52. The van der Waals surface area contributed by atoms with Crippen molar-refractivity contribution in [2.45, 2.75) is 56.8 Å². The van der Waals surface area contributed by atoms with Crippen molar-refractivity contribution in [1.29, 1.82) is 0 Å². The Morgan fingerprint density at radius 2 is 1.93 bits per heavy atom. The lowest BCUT2D eigenvalue weighted by molar-refractivity contribution is -0.137. The molecule has 2 fully saturated rings. The van der Waals surface area contributed by atoms with Crippen LogP contribution in [0.15, 0.2) is 30.3 Å². The molecule has 0 bridgehead atoms. The van der Waals surface area contributed by atoms with Crippen LogP contribution in [0.25, 0.3) is 0 Å². The number of rotatable bonds is 8. The number of carboxylic acids is 1. The standard InChI is InChI=1S/C21H30N2O5/c24-20(25)7-6-17(14-16-4-2-1-3-5-16)22-21(26)23-11-8-18(9-12-23)28-19-10-13-27-15-19/h1-5,17-19H,6-15H2,(H,22,26)(H,24,25). The van der Waals surface area contributed by atoms with E-state index in [1.54, 1.807) is 0 Å². The van der Waals surface area contributed by atoms with Gasteiger partial charge >= 0.3 is 12.0 Å². The van der Waals surface area contributed by atoms with Crippen LogP contribution < -0.4 is 5.32 Å². The maximum Gasteiger partial charge on any atom is 0.317 e. The van der Waals surface area contributed by atoms with Crippen molar-refractivity contribution in [3.63, 3.8) is 0 Å². The Morgan fingerprint density at radius 1 is 1.18 bits per heavy atom. The number of benzene rings is 1. The van der Waals surface area contributed by atoms with Crippen molar-refractivity contribution >= 4 is 12.0 Å². The molecule has 2 aliphatic heterocycles. The van der Waals surface area contributed by atoms with E-state index in [2.05, 4.69) is 5.32 Å². The van der Waals surface area contributed by atoms with Crippen LogP contribution in [-0.2, 0) is 20.7 Å². The van der Waals surface area contributed by atoms with E-state index in [1.165, 1.54) is 0 Å². The van der Waals surface area contributed by atoms with Gasteiger partial charge in [0.2, 0.25) is 0 Å². The molecule has 0 aliphatic carbocycles. The van der Waals surface area contributed by atoms with Crippen LogP contribution in [-0.4, -0.2) is 66.6 Å². The Labute approximate surface area is 166 Å². The zero-order valence-electron chi connectivity index (χ0n) is 16.2. The Bertz CT molecular complexity index is 625. The van der Waals surface area contributed by atoms with E-state index in [-0.39, 0.29) is 30.7 Å². The van der Waals surface area contributed by atoms with E-state index in [0.29, 0.717) is 32.5 Å². The third kappa shape index (κ3) is 6.49. The number of piperidine rings is 1. The second-order valence-corrected chi connectivity index (χ2v) is 7.58. The second-order valence-electron chi connectivity index (χ2n) is 7.58. The van der Waals surface area contributed by atoms with Gasteiger partial charge in [0.15, 0.2) is 0 Å². The SMILES string of the molecule is O=C(O)CCC(Cc1ccccc1)NC(=O)N1CCC(OC2CCOC2)CC1. The van der Waals surface area contributed by atoms with Crippen LogP contribution in [0.5, 0.6) is 0 Å². The monoisotopic (exact) mass is 390 g/mol. The molecule has 2 unspecified atom stereocenters. The Kier molecular flexibility index (Phi) is 7.68. The average molecular weight is 390 g/mol. The number of hydrogen-bond donors (Lipinski definition) is 2. The number of likely N-dealkylation sites (tertiary alicyclic amines) is 1. The summed E-state index contributed by atoms with van der Waals surface area (Å²) in [5.41, 5.74) is 1.09. The molecular formula is C21H30N2O5. The van der Waals surface area contributed by atoms with Crippen molar-refractivity contribution in [3.05, 3.63) is 35.9 Å². The van der Waals surface area contributed by atoms with E-state index in [9.17, 15) is 9.59 Å². The molecule has 2 heterocycles. The molecule has 0 spiro atoms. The summed E-state index contributed by atoms with van der Waals surface area (Å²) in [5, 5.41) is 12.1. The van der Waals surface area contributed by atoms with Crippen LogP contribution in [0.2, 0.25) is 0 Å². The number of nitrogens with one attached hydrogen (secondary N) is 1. The van der Waals surface area contributed by atoms with Gasteiger partial charge in [-0.3, -0.25) is 4.79 Å². The van der Waals surface area contributed by atoms with E-state index in [0.717, 1.165) is 31.4 Å². The minimum atomic E-state index is -0.846. The van der Waals surface area contributed by atoms with Crippen molar-refractivity contribution in [2.75, 3.05) is 26.3 Å². The van der Waals surface area contributed by atoms with Crippen molar-refractivity contribution in [1.82, 2.24) is 10.2 Å². The number of carbonyl (C=O) groups excluding carboxylic acids is 1. The van der Waals surface area contributed by atoms with Crippen LogP contribution in [0.3, 0.4) is 0 Å². The number of aliphatic carboxylic acids is 1. The second kappa shape index (κ2) is 10.4. The maximum atomic E-state index is 12.7. The number of urea groups is 1. The number of ether oxygens (including phenoxy) is 2. The van der Waals surface area contributed by atoms with Gasteiger partial charge in [0.25, 0.3) is 0 Å².